The van der Waals surface area contributed by atoms with Gasteiger partial charge in [-0.2, -0.15) is 0 Å². The lowest BCUT2D eigenvalue weighted by Crippen LogP contribution is -2.15. The molecule has 1 aromatic heterocycles. The Morgan fingerprint density at radius 2 is 2.17 bits per heavy atom. The zero-order valence-electron chi connectivity index (χ0n) is 10.7. The molecule has 0 fully saturated rings. The molecule has 1 unspecified atom stereocenters. The van der Waals surface area contributed by atoms with Crippen LogP contribution in [0.5, 0.6) is 0 Å². The molecule has 1 heterocycles. The Labute approximate surface area is 120 Å². The molecule has 0 aliphatic rings. The fourth-order valence-corrected chi connectivity index (χ4v) is 2.39. The van der Waals surface area contributed by atoms with Crippen LogP contribution in [0.25, 0.3) is 11.5 Å². The van der Waals surface area contributed by atoms with Gasteiger partial charge < -0.3 is 9.73 Å². The van der Waals surface area contributed by atoms with E-state index >= 15 is 0 Å². The van der Waals surface area contributed by atoms with Gasteiger partial charge in [0, 0.05) is 3.57 Å². The summed E-state index contributed by atoms with van der Waals surface area (Å²) in [6.07, 6.45) is 0.920. The highest BCUT2D eigenvalue weighted by molar-refractivity contribution is 14.1. The van der Waals surface area contributed by atoms with E-state index in [1.807, 2.05) is 19.2 Å². The van der Waals surface area contributed by atoms with Crippen molar-refractivity contribution in [2.24, 2.45) is 0 Å². The van der Waals surface area contributed by atoms with Crippen molar-refractivity contribution >= 4 is 22.6 Å². The summed E-state index contributed by atoms with van der Waals surface area (Å²) >= 11 is 2.31. The third kappa shape index (κ3) is 2.56. The van der Waals surface area contributed by atoms with Crippen LogP contribution >= 0.6 is 22.6 Å². The molecule has 2 rings (SSSR count). The molecule has 0 bridgehead atoms. The average molecular weight is 357 g/mol. The summed E-state index contributed by atoms with van der Waals surface area (Å²) in [5.41, 5.74) is 2.22. The summed E-state index contributed by atoms with van der Waals surface area (Å²) in [6.45, 7) is 4.16. The molecule has 2 aromatic rings. The molecule has 0 saturated heterocycles. The van der Waals surface area contributed by atoms with Crippen LogP contribution in [0.3, 0.4) is 0 Å². The summed E-state index contributed by atoms with van der Waals surface area (Å²) in [5.74, 6) is 1.24. The molecule has 1 aromatic carbocycles. The van der Waals surface area contributed by atoms with Crippen molar-refractivity contribution in [1.29, 1.82) is 0 Å². The van der Waals surface area contributed by atoms with E-state index in [4.69, 9.17) is 4.42 Å². The van der Waals surface area contributed by atoms with Crippen molar-refractivity contribution in [1.82, 2.24) is 15.5 Å². The Morgan fingerprint density at radius 3 is 2.83 bits per heavy atom. The lowest BCUT2D eigenvalue weighted by atomic mass is 10.1. The third-order valence-electron chi connectivity index (χ3n) is 2.92. The average Bonchev–Trinajstić information content (AvgIpc) is 2.84. The first-order valence-electron chi connectivity index (χ1n) is 5.93. The summed E-state index contributed by atoms with van der Waals surface area (Å²) in [4.78, 5) is 0. The van der Waals surface area contributed by atoms with E-state index in [0.29, 0.717) is 11.8 Å². The Kier molecular flexibility index (Phi) is 4.34. The smallest absolute Gasteiger partial charge is 0.248 e. The standard InChI is InChI=1S/C13H16IN3O/c1-4-10(15-3)13-17-16-12(18-13)9-7-5-6-8(2)11(9)14/h5-7,10,15H,4H2,1-3H3. The maximum absolute atomic E-state index is 5.76. The highest BCUT2D eigenvalue weighted by Crippen LogP contribution is 2.27. The van der Waals surface area contributed by atoms with Gasteiger partial charge in [0.15, 0.2) is 0 Å². The van der Waals surface area contributed by atoms with Gasteiger partial charge in [0.2, 0.25) is 11.8 Å². The Morgan fingerprint density at radius 1 is 1.39 bits per heavy atom. The second-order valence-electron chi connectivity index (χ2n) is 4.13. The summed E-state index contributed by atoms with van der Waals surface area (Å²) < 4.78 is 6.92. The lowest BCUT2D eigenvalue weighted by Gasteiger charge is -2.07. The minimum atomic E-state index is 0.119. The van der Waals surface area contributed by atoms with E-state index in [1.54, 1.807) is 0 Å². The van der Waals surface area contributed by atoms with Gasteiger partial charge in [0.05, 0.1) is 11.6 Å². The zero-order valence-corrected chi connectivity index (χ0v) is 12.9. The number of nitrogens with zero attached hydrogens (tertiary/aromatic N) is 2. The van der Waals surface area contributed by atoms with Crippen LogP contribution in [-0.4, -0.2) is 17.2 Å². The van der Waals surface area contributed by atoms with E-state index in [1.165, 1.54) is 5.56 Å². The van der Waals surface area contributed by atoms with Crippen LogP contribution in [0.1, 0.15) is 30.8 Å². The normalized spacial score (nSPS) is 12.7. The molecule has 0 saturated carbocycles. The quantitative estimate of drug-likeness (QED) is 0.853. The first-order chi connectivity index (χ1) is 8.67. The predicted molar refractivity (Wildman–Crippen MR) is 79.3 cm³/mol. The highest BCUT2D eigenvalue weighted by Gasteiger charge is 2.17. The van der Waals surface area contributed by atoms with Crippen molar-refractivity contribution in [3.05, 3.63) is 33.2 Å². The van der Waals surface area contributed by atoms with Crippen LogP contribution in [0.4, 0.5) is 0 Å². The fraction of sp³-hybridized carbons (Fsp3) is 0.385. The SMILES string of the molecule is CCC(NC)c1nnc(-c2cccc(C)c2I)o1. The van der Waals surface area contributed by atoms with Gasteiger partial charge in [-0.3, -0.25) is 0 Å². The Hall–Kier alpha value is -0.950. The van der Waals surface area contributed by atoms with E-state index in [-0.39, 0.29) is 6.04 Å². The Bertz CT molecular complexity index is 535. The summed E-state index contributed by atoms with van der Waals surface area (Å²) in [7, 11) is 1.90. The number of benzene rings is 1. The minimum absolute atomic E-state index is 0.119. The molecule has 96 valence electrons. The Balaban J connectivity index is 2.38. The molecule has 0 aliphatic carbocycles. The molecule has 4 nitrogen and oxygen atoms in total. The molecule has 1 atom stereocenters. The number of nitrogens with one attached hydrogen (secondary N) is 1. The lowest BCUT2D eigenvalue weighted by molar-refractivity contribution is 0.415. The highest BCUT2D eigenvalue weighted by atomic mass is 127. The molecular weight excluding hydrogens is 341 g/mol. The molecule has 0 amide bonds. The molecular formula is C13H16IN3O. The van der Waals surface area contributed by atoms with E-state index in [0.717, 1.165) is 15.6 Å². The van der Waals surface area contributed by atoms with E-state index < -0.39 is 0 Å². The van der Waals surface area contributed by atoms with Gasteiger partial charge in [-0.15, -0.1) is 10.2 Å². The van der Waals surface area contributed by atoms with Crippen molar-refractivity contribution in [3.8, 4) is 11.5 Å². The fourth-order valence-electron chi connectivity index (χ4n) is 1.80. The first kappa shape index (κ1) is 13.5. The van der Waals surface area contributed by atoms with E-state index in [9.17, 15) is 0 Å². The summed E-state index contributed by atoms with van der Waals surface area (Å²) in [5, 5.41) is 11.4. The van der Waals surface area contributed by atoms with Crippen molar-refractivity contribution in [2.75, 3.05) is 7.05 Å². The molecule has 5 heteroatoms. The second-order valence-corrected chi connectivity index (χ2v) is 5.21. The molecule has 0 radical (unpaired) electrons. The van der Waals surface area contributed by atoms with E-state index in [2.05, 4.69) is 58.0 Å². The number of hydrogen-bond acceptors (Lipinski definition) is 4. The molecule has 0 spiro atoms. The number of hydrogen-bond donors (Lipinski definition) is 1. The molecule has 18 heavy (non-hydrogen) atoms. The largest absolute Gasteiger partial charge is 0.419 e. The number of aromatic nitrogens is 2. The molecule has 1 N–H and O–H groups in total. The second kappa shape index (κ2) is 5.79. The topological polar surface area (TPSA) is 51.0 Å². The van der Waals surface area contributed by atoms with Gasteiger partial charge >= 0.3 is 0 Å². The maximum atomic E-state index is 5.76. The summed E-state index contributed by atoms with van der Waals surface area (Å²) in [6, 6.07) is 6.21. The van der Waals surface area contributed by atoms with Crippen LogP contribution in [0, 0.1) is 10.5 Å². The van der Waals surface area contributed by atoms with Crippen LogP contribution < -0.4 is 5.32 Å². The van der Waals surface area contributed by atoms with Crippen molar-refractivity contribution < 1.29 is 4.42 Å². The zero-order chi connectivity index (χ0) is 13.1. The van der Waals surface area contributed by atoms with Crippen LogP contribution in [0.15, 0.2) is 22.6 Å². The van der Waals surface area contributed by atoms with Crippen LogP contribution in [0.2, 0.25) is 0 Å². The minimum Gasteiger partial charge on any atom is -0.419 e. The molecule has 0 aliphatic heterocycles. The van der Waals surface area contributed by atoms with Gasteiger partial charge in [-0.05, 0) is 54.6 Å². The third-order valence-corrected chi connectivity index (χ3v) is 4.35. The monoisotopic (exact) mass is 357 g/mol. The number of rotatable bonds is 4. The first-order valence-corrected chi connectivity index (χ1v) is 7.01. The van der Waals surface area contributed by atoms with Gasteiger partial charge in [-0.1, -0.05) is 19.1 Å². The predicted octanol–water partition coefficient (Wildman–Crippen LogP) is 3.32. The van der Waals surface area contributed by atoms with Gasteiger partial charge in [0.1, 0.15) is 0 Å². The van der Waals surface area contributed by atoms with Crippen molar-refractivity contribution in [2.45, 2.75) is 26.3 Å². The maximum Gasteiger partial charge on any atom is 0.248 e. The number of aryl methyl sites for hydroxylation is 1. The van der Waals surface area contributed by atoms with Crippen molar-refractivity contribution in [3.63, 3.8) is 0 Å². The van der Waals surface area contributed by atoms with Crippen LogP contribution in [-0.2, 0) is 0 Å². The van der Waals surface area contributed by atoms with Gasteiger partial charge in [0.25, 0.3) is 0 Å². The van der Waals surface area contributed by atoms with Gasteiger partial charge in [-0.25, -0.2) is 0 Å². The number of halogens is 1.